The van der Waals surface area contributed by atoms with Crippen molar-refractivity contribution in [2.24, 2.45) is 0 Å². The zero-order valence-electron chi connectivity index (χ0n) is 15.7. The molecule has 1 aromatic heterocycles. The number of aryl methyl sites for hydroxylation is 2. The first-order valence-corrected chi connectivity index (χ1v) is 10.0. The Morgan fingerprint density at radius 2 is 1.93 bits per heavy atom. The molecule has 1 atom stereocenters. The van der Waals surface area contributed by atoms with Crippen LogP contribution in [0.25, 0.3) is 0 Å². The van der Waals surface area contributed by atoms with E-state index in [1.54, 1.807) is 24.3 Å². The van der Waals surface area contributed by atoms with Crippen molar-refractivity contribution in [3.63, 3.8) is 0 Å². The molecule has 2 rings (SSSR count). The van der Waals surface area contributed by atoms with Crippen LogP contribution in [0.15, 0.2) is 29.4 Å². The molecule has 0 unspecified atom stereocenters. The topological polar surface area (TPSA) is 81.2 Å². The van der Waals surface area contributed by atoms with Gasteiger partial charge in [-0.05, 0) is 57.2 Å². The number of carbonyl (C=O) groups excluding carboxylic acids is 2. The van der Waals surface area contributed by atoms with Gasteiger partial charge in [-0.1, -0.05) is 29.4 Å². The molecule has 1 heterocycles. The Kier molecular flexibility index (Phi) is 7.62. The summed E-state index contributed by atoms with van der Waals surface area (Å²) in [7, 11) is 0. The zero-order valence-corrected chi connectivity index (χ0v) is 17.3. The standard InChI is InChI=1S/C19H22ClN3O3S/c1-11-16(12(2)22-19(21-11)27-4)8-9-17(24)26-13(3)18(25)23-15-7-5-6-14(20)10-15/h5-7,10,13H,8-9H2,1-4H3,(H,23,25)/t13-/m1/s1. The molecule has 6 nitrogen and oxygen atoms in total. The van der Waals surface area contributed by atoms with Gasteiger partial charge < -0.3 is 10.1 Å². The third-order valence-corrected chi connectivity index (χ3v) is 4.71. The molecule has 1 N–H and O–H groups in total. The number of nitrogens with one attached hydrogen (secondary N) is 1. The molecule has 0 bridgehead atoms. The van der Waals surface area contributed by atoms with Gasteiger partial charge in [-0.15, -0.1) is 0 Å². The number of thioether (sulfide) groups is 1. The third-order valence-electron chi connectivity index (χ3n) is 3.93. The van der Waals surface area contributed by atoms with Crippen LogP contribution in [0.4, 0.5) is 5.69 Å². The Morgan fingerprint density at radius 3 is 2.52 bits per heavy atom. The largest absolute Gasteiger partial charge is 0.453 e. The molecule has 0 spiro atoms. The number of amides is 1. The van der Waals surface area contributed by atoms with E-state index in [2.05, 4.69) is 15.3 Å². The second-order valence-electron chi connectivity index (χ2n) is 5.99. The van der Waals surface area contributed by atoms with E-state index >= 15 is 0 Å². The van der Waals surface area contributed by atoms with Crippen LogP contribution in [0.5, 0.6) is 0 Å². The second kappa shape index (κ2) is 9.71. The number of carbonyl (C=O) groups is 2. The Balaban J connectivity index is 1.89. The summed E-state index contributed by atoms with van der Waals surface area (Å²) in [5.74, 6) is -0.859. The molecule has 1 aromatic carbocycles. The smallest absolute Gasteiger partial charge is 0.306 e. The van der Waals surface area contributed by atoms with Crippen molar-refractivity contribution in [3.8, 4) is 0 Å². The van der Waals surface area contributed by atoms with Crippen LogP contribution in [0.3, 0.4) is 0 Å². The fourth-order valence-corrected chi connectivity index (χ4v) is 3.16. The molecule has 2 aromatic rings. The van der Waals surface area contributed by atoms with E-state index in [1.807, 2.05) is 20.1 Å². The van der Waals surface area contributed by atoms with Gasteiger partial charge in [0.25, 0.3) is 5.91 Å². The van der Waals surface area contributed by atoms with Gasteiger partial charge in [0.1, 0.15) is 0 Å². The van der Waals surface area contributed by atoms with Crippen LogP contribution in [-0.2, 0) is 20.7 Å². The summed E-state index contributed by atoms with van der Waals surface area (Å²) in [6, 6.07) is 6.77. The monoisotopic (exact) mass is 407 g/mol. The Hall–Kier alpha value is -2.12. The normalized spacial score (nSPS) is 11.7. The molecule has 0 aliphatic carbocycles. The molecule has 0 aliphatic heterocycles. The highest BCUT2D eigenvalue weighted by atomic mass is 35.5. The average molecular weight is 408 g/mol. The van der Waals surface area contributed by atoms with Gasteiger partial charge in [0.05, 0.1) is 0 Å². The fraction of sp³-hybridized carbons (Fsp3) is 0.368. The highest BCUT2D eigenvalue weighted by molar-refractivity contribution is 7.98. The predicted octanol–water partition coefficient (Wildman–Crippen LogP) is 3.97. The second-order valence-corrected chi connectivity index (χ2v) is 7.20. The third kappa shape index (κ3) is 6.22. The van der Waals surface area contributed by atoms with Crippen LogP contribution in [0, 0.1) is 13.8 Å². The lowest BCUT2D eigenvalue weighted by molar-refractivity contribution is -0.153. The van der Waals surface area contributed by atoms with Crippen molar-refractivity contribution in [3.05, 3.63) is 46.2 Å². The summed E-state index contributed by atoms with van der Waals surface area (Å²) < 4.78 is 5.23. The number of hydrogen-bond acceptors (Lipinski definition) is 6. The molecule has 1 amide bonds. The van der Waals surface area contributed by atoms with E-state index in [0.29, 0.717) is 22.3 Å². The number of anilines is 1. The molecule has 0 saturated heterocycles. The highest BCUT2D eigenvalue weighted by Crippen LogP contribution is 2.18. The first-order valence-electron chi connectivity index (χ1n) is 8.44. The number of aromatic nitrogens is 2. The fourth-order valence-electron chi connectivity index (χ4n) is 2.51. The van der Waals surface area contributed by atoms with Crippen molar-refractivity contribution >= 4 is 40.9 Å². The average Bonchev–Trinajstić information content (AvgIpc) is 2.60. The van der Waals surface area contributed by atoms with E-state index in [-0.39, 0.29) is 6.42 Å². The van der Waals surface area contributed by atoms with Crippen LogP contribution in [-0.4, -0.2) is 34.2 Å². The summed E-state index contributed by atoms with van der Waals surface area (Å²) in [6.07, 6.45) is 1.63. The van der Waals surface area contributed by atoms with Gasteiger partial charge in [-0.25, -0.2) is 9.97 Å². The quantitative estimate of drug-likeness (QED) is 0.425. The summed E-state index contributed by atoms with van der Waals surface area (Å²) in [5.41, 5.74) is 3.19. The highest BCUT2D eigenvalue weighted by Gasteiger charge is 2.19. The van der Waals surface area contributed by atoms with Gasteiger partial charge in [-0.2, -0.15) is 0 Å². The van der Waals surface area contributed by atoms with E-state index in [9.17, 15) is 9.59 Å². The van der Waals surface area contributed by atoms with E-state index in [1.165, 1.54) is 18.7 Å². The van der Waals surface area contributed by atoms with Gasteiger partial charge in [0, 0.05) is 28.5 Å². The predicted molar refractivity (Wildman–Crippen MR) is 107 cm³/mol. The molecule has 0 saturated carbocycles. The number of ether oxygens (including phenoxy) is 1. The zero-order chi connectivity index (χ0) is 20.0. The molecule has 0 radical (unpaired) electrons. The van der Waals surface area contributed by atoms with Crippen LogP contribution >= 0.6 is 23.4 Å². The summed E-state index contributed by atoms with van der Waals surface area (Å²) >= 11 is 7.36. The minimum atomic E-state index is -0.909. The van der Waals surface area contributed by atoms with E-state index < -0.39 is 18.0 Å². The lowest BCUT2D eigenvalue weighted by Crippen LogP contribution is -2.30. The maximum atomic E-state index is 12.2. The maximum absolute atomic E-state index is 12.2. The van der Waals surface area contributed by atoms with Crippen molar-refractivity contribution in [2.45, 2.75) is 44.9 Å². The van der Waals surface area contributed by atoms with Crippen LogP contribution < -0.4 is 5.32 Å². The lowest BCUT2D eigenvalue weighted by Gasteiger charge is -2.14. The van der Waals surface area contributed by atoms with E-state index in [0.717, 1.165) is 17.0 Å². The summed E-state index contributed by atoms with van der Waals surface area (Å²) in [6.45, 7) is 5.33. The number of hydrogen-bond donors (Lipinski definition) is 1. The summed E-state index contributed by atoms with van der Waals surface area (Å²) in [4.78, 5) is 33.1. The first-order chi connectivity index (χ1) is 12.8. The Bertz CT molecular complexity index is 822. The number of esters is 1. The minimum Gasteiger partial charge on any atom is -0.453 e. The molecular weight excluding hydrogens is 386 g/mol. The Morgan fingerprint density at radius 1 is 1.26 bits per heavy atom. The van der Waals surface area contributed by atoms with Crippen molar-refractivity contribution in [2.75, 3.05) is 11.6 Å². The molecule has 8 heteroatoms. The van der Waals surface area contributed by atoms with Crippen molar-refractivity contribution in [1.82, 2.24) is 9.97 Å². The van der Waals surface area contributed by atoms with Gasteiger partial charge >= 0.3 is 5.97 Å². The molecule has 144 valence electrons. The summed E-state index contributed by atoms with van der Waals surface area (Å²) in [5, 5.41) is 3.89. The van der Waals surface area contributed by atoms with Crippen molar-refractivity contribution < 1.29 is 14.3 Å². The molecule has 0 aliphatic rings. The number of halogens is 1. The van der Waals surface area contributed by atoms with Gasteiger partial charge in [0.15, 0.2) is 11.3 Å². The van der Waals surface area contributed by atoms with E-state index in [4.69, 9.17) is 16.3 Å². The number of rotatable bonds is 7. The Labute approximate surface area is 168 Å². The molecular formula is C19H22ClN3O3S. The number of nitrogens with zero attached hydrogens (tertiary/aromatic N) is 2. The first kappa shape index (κ1) is 21.2. The molecule has 0 fully saturated rings. The van der Waals surface area contributed by atoms with Gasteiger partial charge in [0.2, 0.25) is 0 Å². The minimum absolute atomic E-state index is 0.151. The maximum Gasteiger partial charge on any atom is 0.306 e. The van der Waals surface area contributed by atoms with Gasteiger partial charge in [-0.3, -0.25) is 9.59 Å². The number of benzene rings is 1. The molecule has 27 heavy (non-hydrogen) atoms. The lowest BCUT2D eigenvalue weighted by atomic mass is 10.1. The van der Waals surface area contributed by atoms with Crippen LogP contribution in [0.2, 0.25) is 5.02 Å². The van der Waals surface area contributed by atoms with Crippen LogP contribution in [0.1, 0.15) is 30.3 Å². The van der Waals surface area contributed by atoms with Crippen molar-refractivity contribution in [1.29, 1.82) is 0 Å². The SMILES string of the molecule is CSc1nc(C)c(CCC(=O)O[C@H](C)C(=O)Nc2cccc(Cl)c2)c(C)n1.